The molecule has 1 saturated carbocycles. The maximum absolute atomic E-state index is 15.1. The van der Waals surface area contributed by atoms with Gasteiger partial charge < -0.3 is 29.6 Å². The Bertz CT molecular complexity index is 1650. The second-order valence-corrected chi connectivity index (χ2v) is 9.25. The molecule has 0 saturated heterocycles. The fourth-order valence-electron chi connectivity index (χ4n) is 4.00. The molecule has 2 N–H and O–H groups in total. The van der Waals surface area contributed by atoms with Gasteiger partial charge in [-0.25, -0.2) is 23.1 Å². The third-order valence-corrected chi connectivity index (χ3v) is 6.45. The van der Waals surface area contributed by atoms with Gasteiger partial charge >= 0.3 is 0 Å². The highest BCUT2D eigenvalue weighted by atomic mass is 19.1. The average Bonchev–Trinajstić information content (AvgIpc) is 3.79. The molecule has 0 bridgehead atoms. The number of benzene rings is 2. The highest BCUT2D eigenvalue weighted by Gasteiger charge is 2.56. The summed E-state index contributed by atoms with van der Waals surface area (Å²) in [6, 6.07) is 8.00. The summed E-state index contributed by atoms with van der Waals surface area (Å²) in [5.74, 6) is -4.35. The Kier molecular flexibility index (Phi) is 8.06. The molecule has 11 nitrogen and oxygen atoms in total. The minimum atomic E-state index is -1.47. The maximum Gasteiger partial charge on any atom is 0.257 e. The van der Waals surface area contributed by atoms with E-state index < -0.39 is 46.1 Å². The van der Waals surface area contributed by atoms with Crippen molar-refractivity contribution >= 4 is 34.2 Å². The van der Waals surface area contributed by atoms with Crippen molar-refractivity contribution in [2.45, 2.75) is 12.8 Å². The predicted molar refractivity (Wildman–Crippen MR) is 143 cm³/mol. The van der Waals surface area contributed by atoms with Crippen LogP contribution in [0.2, 0.25) is 0 Å². The number of rotatable bonds is 11. The van der Waals surface area contributed by atoms with E-state index in [1.54, 1.807) is 0 Å². The van der Waals surface area contributed by atoms with E-state index >= 15 is 8.78 Å². The smallest absolute Gasteiger partial charge is 0.257 e. The monoisotopic (exact) mass is 583 g/mol. The van der Waals surface area contributed by atoms with Crippen LogP contribution in [-0.4, -0.2) is 54.2 Å². The van der Waals surface area contributed by atoms with Crippen LogP contribution in [0.4, 0.5) is 24.5 Å². The molecule has 42 heavy (non-hydrogen) atoms. The predicted octanol–water partition coefficient (Wildman–Crippen LogP) is 4.63. The van der Waals surface area contributed by atoms with Crippen LogP contribution in [-0.2, 0) is 14.3 Å². The first-order valence-corrected chi connectivity index (χ1v) is 12.6. The van der Waals surface area contributed by atoms with Crippen LogP contribution >= 0.6 is 0 Å². The standard InChI is InChI=1S/C28H24F3N5O6/c1-39-9-10-41-22-13-20-23(36-24(22)40-2)25(33-14-32-20)42-21-12-17(30)19(11-18(21)31)35-27(38)28(7-8-28)26(37)34-16-5-3-15(29)4-6-16/h3-6,11-14H,7-10H2,1-2H3,(H,34,37)(H,35,38). The highest BCUT2D eigenvalue weighted by molar-refractivity contribution is 6.17. The highest BCUT2D eigenvalue weighted by Crippen LogP contribution is 2.48. The lowest BCUT2D eigenvalue weighted by Gasteiger charge is -2.16. The third-order valence-electron chi connectivity index (χ3n) is 6.45. The van der Waals surface area contributed by atoms with Gasteiger partial charge in [0.25, 0.3) is 5.88 Å². The summed E-state index contributed by atoms with van der Waals surface area (Å²) in [6.45, 7) is 0.548. The molecule has 4 aromatic rings. The summed E-state index contributed by atoms with van der Waals surface area (Å²) < 4.78 is 64.6. The number of nitrogens with zero attached hydrogens (tertiary/aromatic N) is 3. The zero-order valence-electron chi connectivity index (χ0n) is 22.4. The molecule has 0 atom stereocenters. The van der Waals surface area contributed by atoms with Crippen molar-refractivity contribution in [3.05, 3.63) is 66.2 Å². The number of hydrogen-bond acceptors (Lipinski definition) is 9. The second-order valence-electron chi connectivity index (χ2n) is 9.25. The second kappa shape index (κ2) is 11.9. The van der Waals surface area contributed by atoms with Gasteiger partial charge in [-0.2, -0.15) is 4.98 Å². The molecule has 0 aliphatic heterocycles. The molecule has 2 heterocycles. The van der Waals surface area contributed by atoms with E-state index in [0.717, 1.165) is 30.6 Å². The minimum Gasteiger partial charge on any atom is -0.485 e. The SMILES string of the molecule is COCCOc1cc2ncnc(Oc3cc(F)c(NC(=O)C4(C(=O)Nc5ccc(F)cc5)CC4)cc3F)c2nc1OC. The summed E-state index contributed by atoms with van der Waals surface area (Å²) in [5.41, 5.74) is -1.29. The van der Waals surface area contributed by atoms with Gasteiger partial charge in [-0.15, -0.1) is 0 Å². The van der Waals surface area contributed by atoms with E-state index in [1.807, 2.05) is 0 Å². The van der Waals surface area contributed by atoms with Gasteiger partial charge in [0.15, 0.2) is 28.7 Å². The van der Waals surface area contributed by atoms with Crippen LogP contribution < -0.4 is 24.8 Å². The fraction of sp³-hybridized carbons (Fsp3) is 0.250. The van der Waals surface area contributed by atoms with Crippen molar-refractivity contribution in [2.24, 2.45) is 5.41 Å². The Morgan fingerprint density at radius 3 is 2.31 bits per heavy atom. The van der Waals surface area contributed by atoms with Crippen molar-refractivity contribution in [2.75, 3.05) is 38.1 Å². The van der Waals surface area contributed by atoms with Gasteiger partial charge in [0, 0.05) is 31.0 Å². The van der Waals surface area contributed by atoms with E-state index in [1.165, 1.54) is 32.4 Å². The van der Waals surface area contributed by atoms with Gasteiger partial charge in [-0.3, -0.25) is 9.59 Å². The number of methoxy groups -OCH3 is 2. The van der Waals surface area contributed by atoms with Gasteiger partial charge in [-0.05, 0) is 37.1 Å². The van der Waals surface area contributed by atoms with Crippen molar-refractivity contribution < 1.29 is 41.7 Å². The largest absolute Gasteiger partial charge is 0.485 e. The van der Waals surface area contributed by atoms with E-state index in [4.69, 9.17) is 18.9 Å². The van der Waals surface area contributed by atoms with Crippen molar-refractivity contribution in [3.63, 3.8) is 0 Å². The average molecular weight is 584 g/mol. The molecule has 14 heteroatoms. The van der Waals surface area contributed by atoms with Crippen LogP contribution in [0.15, 0.2) is 48.8 Å². The minimum absolute atomic E-state index is 0.0837. The molecule has 1 aliphatic carbocycles. The number of carbonyl (C=O) groups excluding carboxylic acids is 2. The summed E-state index contributed by atoms with van der Waals surface area (Å²) in [6.07, 6.45) is 1.56. The quantitative estimate of drug-likeness (QED) is 0.192. The molecule has 2 amide bonds. The first kappa shape index (κ1) is 28.5. The van der Waals surface area contributed by atoms with Gasteiger partial charge in [0.2, 0.25) is 17.7 Å². The van der Waals surface area contributed by atoms with Crippen molar-refractivity contribution in [1.82, 2.24) is 15.0 Å². The number of carbonyl (C=O) groups is 2. The number of pyridine rings is 1. The Morgan fingerprint density at radius 1 is 0.881 bits per heavy atom. The normalized spacial score (nSPS) is 13.4. The molecule has 5 rings (SSSR count). The Balaban J connectivity index is 1.33. The number of anilines is 2. The number of amides is 2. The molecular weight excluding hydrogens is 559 g/mol. The lowest BCUT2D eigenvalue weighted by molar-refractivity contribution is -0.131. The van der Waals surface area contributed by atoms with Crippen molar-refractivity contribution in [1.29, 1.82) is 0 Å². The Morgan fingerprint density at radius 2 is 1.62 bits per heavy atom. The number of nitrogens with one attached hydrogen (secondary N) is 2. The lowest BCUT2D eigenvalue weighted by Crippen LogP contribution is -2.35. The fourth-order valence-corrected chi connectivity index (χ4v) is 4.00. The number of fused-ring (bicyclic) bond motifs is 1. The topological polar surface area (TPSA) is 134 Å². The van der Waals surface area contributed by atoms with Crippen LogP contribution in [0, 0.1) is 22.9 Å². The lowest BCUT2D eigenvalue weighted by atomic mass is 10.0. The molecule has 2 aromatic carbocycles. The number of ether oxygens (including phenoxy) is 4. The van der Waals surface area contributed by atoms with Gasteiger partial charge in [0.05, 0.1) is 19.4 Å². The number of hydrogen-bond donors (Lipinski definition) is 2. The molecule has 1 fully saturated rings. The zero-order chi connectivity index (χ0) is 29.9. The zero-order valence-corrected chi connectivity index (χ0v) is 22.4. The summed E-state index contributed by atoms with van der Waals surface area (Å²) in [7, 11) is 2.90. The number of aromatic nitrogens is 3. The van der Waals surface area contributed by atoms with Gasteiger partial charge in [-0.1, -0.05) is 0 Å². The van der Waals surface area contributed by atoms with E-state index in [2.05, 4.69) is 25.6 Å². The first-order chi connectivity index (χ1) is 20.2. The van der Waals surface area contributed by atoms with Gasteiger partial charge in [0.1, 0.15) is 29.7 Å². The Labute approximate surface area is 237 Å². The van der Waals surface area contributed by atoms with Crippen LogP contribution in [0.25, 0.3) is 11.0 Å². The van der Waals surface area contributed by atoms with E-state index in [0.29, 0.717) is 12.3 Å². The Hall–Kier alpha value is -4.98. The number of halogens is 3. The molecule has 218 valence electrons. The van der Waals surface area contributed by atoms with Crippen LogP contribution in [0.5, 0.6) is 23.3 Å². The van der Waals surface area contributed by atoms with Crippen LogP contribution in [0.3, 0.4) is 0 Å². The molecule has 0 radical (unpaired) electrons. The molecule has 1 aliphatic rings. The molecular formula is C28H24F3N5O6. The maximum atomic E-state index is 15.1. The molecule has 0 spiro atoms. The first-order valence-electron chi connectivity index (χ1n) is 12.6. The molecule has 0 unspecified atom stereocenters. The summed E-state index contributed by atoms with van der Waals surface area (Å²) in [5, 5.41) is 4.83. The van der Waals surface area contributed by atoms with Crippen LogP contribution in [0.1, 0.15) is 12.8 Å². The van der Waals surface area contributed by atoms with E-state index in [9.17, 15) is 14.0 Å². The molecule has 2 aromatic heterocycles. The van der Waals surface area contributed by atoms with E-state index in [-0.39, 0.29) is 48.0 Å². The third kappa shape index (κ3) is 5.88. The summed E-state index contributed by atoms with van der Waals surface area (Å²) in [4.78, 5) is 38.1. The van der Waals surface area contributed by atoms with Crippen molar-refractivity contribution in [3.8, 4) is 23.3 Å². The summed E-state index contributed by atoms with van der Waals surface area (Å²) >= 11 is 0.